The molecule has 1 N–H and O–H groups in total. The number of hydrogen-bond acceptors (Lipinski definition) is 5. The first-order valence-electron chi connectivity index (χ1n) is 10.7. The van der Waals surface area contributed by atoms with E-state index in [4.69, 9.17) is 14.2 Å². The minimum atomic E-state index is -0.550. The van der Waals surface area contributed by atoms with E-state index in [1.165, 1.54) is 0 Å². The number of ether oxygens (including phenoxy) is 3. The third-order valence-corrected chi connectivity index (χ3v) is 5.47. The minimum Gasteiger partial charge on any atom is -0.508 e. The zero-order chi connectivity index (χ0) is 22.4. The molecule has 1 heterocycles. The van der Waals surface area contributed by atoms with E-state index in [2.05, 4.69) is 0 Å². The van der Waals surface area contributed by atoms with E-state index in [9.17, 15) is 9.90 Å². The maximum absolute atomic E-state index is 12.7. The van der Waals surface area contributed by atoms with Crippen LogP contribution in [0.5, 0.6) is 11.5 Å². The maximum Gasteiger partial charge on any atom is 0.410 e. The van der Waals surface area contributed by atoms with E-state index in [1.807, 2.05) is 63.2 Å². The first-order valence-corrected chi connectivity index (χ1v) is 10.7. The average molecular weight is 428 g/mol. The van der Waals surface area contributed by atoms with Gasteiger partial charge in [-0.2, -0.15) is 0 Å². The number of phenols is 1. The number of amides is 1. The lowest BCUT2D eigenvalue weighted by Crippen LogP contribution is -2.35. The van der Waals surface area contributed by atoms with Crippen LogP contribution in [-0.2, 0) is 16.1 Å². The van der Waals surface area contributed by atoms with Crippen molar-refractivity contribution in [3.05, 3.63) is 59.7 Å². The number of likely N-dealkylation sites (tertiary alicyclic amines) is 1. The summed E-state index contributed by atoms with van der Waals surface area (Å²) in [7, 11) is 1.57. The smallest absolute Gasteiger partial charge is 0.410 e. The van der Waals surface area contributed by atoms with Gasteiger partial charge in [0.15, 0.2) is 0 Å². The normalized spacial score (nSPS) is 18.8. The van der Waals surface area contributed by atoms with Crippen molar-refractivity contribution in [3.63, 3.8) is 0 Å². The van der Waals surface area contributed by atoms with Crippen LogP contribution in [0.15, 0.2) is 48.5 Å². The number of hydrogen-bond donors (Lipinski definition) is 1. The van der Waals surface area contributed by atoms with Crippen LogP contribution >= 0.6 is 0 Å². The van der Waals surface area contributed by atoms with Gasteiger partial charge in [-0.15, -0.1) is 0 Å². The van der Waals surface area contributed by atoms with E-state index in [-0.39, 0.29) is 23.7 Å². The first-order chi connectivity index (χ1) is 14.8. The lowest BCUT2D eigenvalue weighted by atomic mass is 9.86. The van der Waals surface area contributed by atoms with Crippen LogP contribution in [0.3, 0.4) is 0 Å². The van der Waals surface area contributed by atoms with Crippen LogP contribution in [0.4, 0.5) is 4.79 Å². The Balaban J connectivity index is 1.69. The van der Waals surface area contributed by atoms with Crippen molar-refractivity contribution >= 4 is 6.09 Å². The molecule has 0 aliphatic carbocycles. The Kier molecular flexibility index (Phi) is 7.44. The second-order valence-electron chi connectivity index (χ2n) is 9.00. The van der Waals surface area contributed by atoms with E-state index in [1.54, 1.807) is 18.1 Å². The molecule has 6 nitrogen and oxygen atoms in total. The molecule has 0 bridgehead atoms. The molecule has 2 atom stereocenters. The zero-order valence-corrected chi connectivity index (χ0v) is 18.8. The van der Waals surface area contributed by atoms with E-state index < -0.39 is 5.60 Å². The molecule has 1 aliphatic heterocycles. The highest BCUT2D eigenvalue weighted by Crippen LogP contribution is 2.40. The Labute approximate surface area is 184 Å². The third kappa shape index (κ3) is 6.37. The molecule has 0 unspecified atom stereocenters. The fraction of sp³-hybridized carbons (Fsp3) is 0.480. The second-order valence-corrected chi connectivity index (χ2v) is 9.00. The molecule has 168 valence electrons. The zero-order valence-electron chi connectivity index (χ0n) is 18.8. The Morgan fingerprint density at radius 1 is 1.13 bits per heavy atom. The van der Waals surface area contributed by atoms with Crippen molar-refractivity contribution in [2.45, 2.75) is 45.3 Å². The molecule has 1 aliphatic rings. The largest absolute Gasteiger partial charge is 0.508 e. The summed E-state index contributed by atoms with van der Waals surface area (Å²) in [6.45, 7) is 7.79. The summed E-state index contributed by atoms with van der Waals surface area (Å²) < 4.78 is 16.7. The van der Waals surface area contributed by atoms with Crippen molar-refractivity contribution in [2.24, 2.45) is 5.92 Å². The average Bonchev–Trinajstić information content (AvgIpc) is 3.15. The molecular formula is C25H33NO5. The van der Waals surface area contributed by atoms with Gasteiger partial charge < -0.3 is 24.2 Å². The van der Waals surface area contributed by atoms with Crippen molar-refractivity contribution < 1.29 is 24.1 Å². The molecule has 0 radical (unpaired) electrons. The molecule has 1 amide bonds. The van der Waals surface area contributed by atoms with Gasteiger partial charge in [0.25, 0.3) is 0 Å². The summed E-state index contributed by atoms with van der Waals surface area (Å²) in [4.78, 5) is 14.4. The Morgan fingerprint density at radius 2 is 1.87 bits per heavy atom. The molecule has 1 fully saturated rings. The van der Waals surface area contributed by atoms with Crippen molar-refractivity contribution in [1.29, 1.82) is 0 Å². The SMILES string of the molecule is COc1ccc([C@H]2CN(C(=O)OC(C)(C)C)C[C@@H]2CCOCc2ccccc2)c(O)c1. The van der Waals surface area contributed by atoms with Crippen molar-refractivity contribution in [3.8, 4) is 11.5 Å². The van der Waals surface area contributed by atoms with Crippen LogP contribution in [0, 0.1) is 5.92 Å². The Bertz CT molecular complexity index is 862. The highest BCUT2D eigenvalue weighted by Gasteiger charge is 2.38. The quantitative estimate of drug-likeness (QED) is 0.633. The molecule has 0 saturated carbocycles. The fourth-order valence-corrected chi connectivity index (χ4v) is 3.95. The van der Waals surface area contributed by atoms with Crippen molar-refractivity contribution in [1.82, 2.24) is 4.90 Å². The third-order valence-electron chi connectivity index (χ3n) is 5.47. The summed E-state index contributed by atoms with van der Waals surface area (Å²) in [5.74, 6) is 0.943. The second kappa shape index (κ2) is 10.1. The predicted molar refractivity (Wildman–Crippen MR) is 119 cm³/mol. The molecule has 0 spiro atoms. The molecule has 6 heteroatoms. The van der Waals surface area contributed by atoms with E-state index in [0.717, 1.165) is 17.5 Å². The predicted octanol–water partition coefficient (Wildman–Crippen LogP) is 4.96. The number of benzene rings is 2. The standard InChI is InChI=1S/C25H33NO5/c1-25(2,3)31-24(28)26-15-19(12-13-30-17-18-8-6-5-7-9-18)22(16-26)21-11-10-20(29-4)14-23(21)27/h5-11,14,19,22,27H,12-13,15-17H2,1-4H3/t19-,22-/m0/s1. The molecule has 0 aromatic heterocycles. The summed E-state index contributed by atoms with van der Waals surface area (Å²) in [6.07, 6.45) is 0.459. The van der Waals surface area contributed by atoms with Gasteiger partial charge in [0, 0.05) is 31.7 Å². The number of nitrogens with zero attached hydrogens (tertiary/aromatic N) is 1. The molecule has 1 saturated heterocycles. The number of methoxy groups -OCH3 is 1. The summed E-state index contributed by atoms with van der Waals surface area (Å²) in [5.41, 5.74) is 1.40. The van der Waals surface area contributed by atoms with Gasteiger partial charge in [-0.25, -0.2) is 4.79 Å². The van der Waals surface area contributed by atoms with Crippen LogP contribution in [0.2, 0.25) is 0 Å². The fourth-order valence-electron chi connectivity index (χ4n) is 3.95. The van der Waals surface area contributed by atoms with Crippen molar-refractivity contribution in [2.75, 3.05) is 26.8 Å². The highest BCUT2D eigenvalue weighted by atomic mass is 16.6. The van der Waals surface area contributed by atoms with Gasteiger partial charge in [-0.1, -0.05) is 36.4 Å². The monoisotopic (exact) mass is 427 g/mol. The van der Waals surface area contributed by atoms with Gasteiger partial charge in [0.05, 0.1) is 13.7 Å². The lowest BCUT2D eigenvalue weighted by molar-refractivity contribution is 0.0282. The van der Waals surface area contributed by atoms with Crippen LogP contribution < -0.4 is 4.74 Å². The van der Waals surface area contributed by atoms with Crippen LogP contribution in [0.25, 0.3) is 0 Å². The molecular weight excluding hydrogens is 394 g/mol. The van der Waals surface area contributed by atoms with Gasteiger partial charge in [-0.05, 0) is 50.3 Å². The van der Waals surface area contributed by atoms with Gasteiger partial charge in [0.1, 0.15) is 17.1 Å². The van der Waals surface area contributed by atoms with E-state index >= 15 is 0 Å². The molecule has 2 aromatic rings. The maximum atomic E-state index is 12.7. The minimum absolute atomic E-state index is 0.00116. The van der Waals surface area contributed by atoms with Gasteiger partial charge in [-0.3, -0.25) is 0 Å². The lowest BCUT2D eigenvalue weighted by Gasteiger charge is -2.24. The Morgan fingerprint density at radius 3 is 2.52 bits per heavy atom. The topological polar surface area (TPSA) is 68.2 Å². The molecule has 3 rings (SSSR count). The van der Waals surface area contributed by atoms with E-state index in [0.29, 0.717) is 32.1 Å². The first kappa shape index (κ1) is 22.9. The van der Waals surface area contributed by atoms with Gasteiger partial charge >= 0.3 is 6.09 Å². The Hall–Kier alpha value is -2.73. The number of phenolic OH excluding ortho intramolecular Hbond substituents is 1. The number of rotatable bonds is 7. The van der Waals surface area contributed by atoms with Gasteiger partial charge in [0.2, 0.25) is 0 Å². The molecule has 31 heavy (non-hydrogen) atoms. The summed E-state index contributed by atoms with van der Waals surface area (Å²) in [6, 6.07) is 15.4. The summed E-state index contributed by atoms with van der Waals surface area (Å²) >= 11 is 0. The van der Waals surface area contributed by atoms with Crippen LogP contribution in [-0.4, -0.2) is 48.5 Å². The summed E-state index contributed by atoms with van der Waals surface area (Å²) in [5, 5.41) is 10.6. The number of carbonyl (C=O) groups excluding carboxylic acids is 1. The van der Waals surface area contributed by atoms with Crippen LogP contribution in [0.1, 0.15) is 44.2 Å². The highest BCUT2D eigenvalue weighted by molar-refractivity contribution is 5.69. The molecule has 2 aromatic carbocycles. The number of aromatic hydroxyl groups is 1. The number of carbonyl (C=O) groups is 1.